The topological polar surface area (TPSA) is 63.4 Å². The summed E-state index contributed by atoms with van der Waals surface area (Å²) in [5, 5.41) is 20.3. The van der Waals surface area contributed by atoms with Crippen LogP contribution in [0.15, 0.2) is 12.1 Å². The molecule has 1 rings (SSSR count). The number of nitro groups is 1. The van der Waals surface area contributed by atoms with Gasteiger partial charge in [-0.2, -0.15) is 0 Å². The highest BCUT2D eigenvalue weighted by molar-refractivity contribution is 5.53. The molecule has 0 saturated carbocycles. The van der Waals surface area contributed by atoms with E-state index in [2.05, 4.69) is 0 Å². The fraction of sp³-hybridized carbons (Fsp3) is 0.400. The lowest BCUT2D eigenvalue weighted by Gasteiger charge is -2.09. The molecule has 0 spiro atoms. The van der Waals surface area contributed by atoms with Crippen LogP contribution in [0.3, 0.4) is 0 Å². The van der Waals surface area contributed by atoms with Crippen molar-refractivity contribution in [1.82, 2.24) is 0 Å². The van der Waals surface area contributed by atoms with Crippen LogP contribution in [0.2, 0.25) is 0 Å². The maximum absolute atomic E-state index is 10.7. The predicted octanol–water partition coefficient (Wildman–Crippen LogP) is 2.73. The van der Waals surface area contributed by atoms with Crippen molar-refractivity contribution in [2.45, 2.75) is 26.7 Å². The number of hydrogen-bond donors (Lipinski definition) is 1. The van der Waals surface area contributed by atoms with E-state index in [9.17, 15) is 15.2 Å². The zero-order valence-electron chi connectivity index (χ0n) is 8.44. The van der Waals surface area contributed by atoms with Gasteiger partial charge in [0.15, 0.2) is 0 Å². The van der Waals surface area contributed by atoms with Crippen LogP contribution in [-0.2, 0) is 0 Å². The van der Waals surface area contributed by atoms with Gasteiger partial charge in [0.05, 0.1) is 10.5 Å². The third-order valence-electron chi connectivity index (χ3n) is 2.05. The predicted molar refractivity (Wildman–Crippen MR) is 53.6 cm³/mol. The molecule has 0 aliphatic rings. The minimum absolute atomic E-state index is 0.00231. The maximum atomic E-state index is 10.7. The van der Waals surface area contributed by atoms with E-state index in [1.807, 2.05) is 13.8 Å². The third-order valence-corrected chi connectivity index (χ3v) is 2.05. The zero-order chi connectivity index (χ0) is 10.9. The van der Waals surface area contributed by atoms with E-state index in [1.54, 1.807) is 13.0 Å². The van der Waals surface area contributed by atoms with Gasteiger partial charge < -0.3 is 5.11 Å². The van der Waals surface area contributed by atoms with Crippen LogP contribution in [0, 0.1) is 17.0 Å². The van der Waals surface area contributed by atoms with E-state index < -0.39 is 4.92 Å². The van der Waals surface area contributed by atoms with E-state index in [0.717, 1.165) is 0 Å². The van der Waals surface area contributed by atoms with Crippen molar-refractivity contribution in [3.05, 3.63) is 33.4 Å². The number of phenolic OH excluding ortho intramolecular Hbond substituents is 1. The van der Waals surface area contributed by atoms with Gasteiger partial charge in [0.2, 0.25) is 0 Å². The molecule has 1 aromatic carbocycles. The van der Waals surface area contributed by atoms with Crippen molar-refractivity contribution in [2.75, 3.05) is 0 Å². The molecular formula is C10H13NO3. The quantitative estimate of drug-likeness (QED) is 0.583. The fourth-order valence-corrected chi connectivity index (χ4v) is 1.50. The highest BCUT2D eigenvalue weighted by Crippen LogP contribution is 2.35. The molecule has 0 fully saturated rings. The first-order valence-electron chi connectivity index (χ1n) is 4.41. The van der Waals surface area contributed by atoms with Crippen LogP contribution in [-0.4, -0.2) is 10.0 Å². The molecule has 76 valence electrons. The Balaban J connectivity index is 3.44. The Kier molecular flexibility index (Phi) is 2.74. The molecule has 0 unspecified atom stereocenters. The van der Waals surface area contributed by atoms with Gasteiger partial charge in [-0.25, -0.2) is 0 Å². The molecule has 4 heteroatoms. The van der Waals surface area contributed by atoms with Crippen LogP contribution in [0.25, 0.3) is 0 Å². The summed E-state index contributed by atoms with van der Waals surface area (Å²) < 4.78 is 0. The molecule has 0 aliphatic carbocycles. The summed E-state index contributed by atoms with van der Waals surface area (Å²) in [6.45, 7) is 5.35. The molecule has 0 heterocycles. The van der Waals surface area contributed by atoms with Gasteiger partial charge in [-0.15, -0.1) is 0 Å². The highest BCUT2D eigenvalue weighted by Gasteiger charge is 2.20. The smallest absolute Gasteiger partial charge is 0.276 e. The summed E-state index contributed by atoms with van der Waals surface area (Å²) >= 11 is 0. The standard InChI is InChI=1S/C10H13NO3/c1-6(2)10-8(11(13)14)4-7(3)5-9(10)12/h4-6,12H,1-3H3. The molecule has 14 heavy (non-hydrogen) atoms. The van der Waals surface area contributed by atoms with Crippen LogP contribution in [0.5, 0.6) is 5.75 Å². The number of rotatable bonds is 2. The Bertz CT molecular complexity index is 372. The molecular weight excluding hydrogens is 182 g/mol. The average molecular weight is 195 g/mol. The molecule has 1 N–H and O–H groups in total. The molecule has 0 amide bonds. The van der Waals surface area contributed by atoms with Gasteiger partial charge in [-0.1, -0.05) is 13.8 Å². The van der Waals surface area contributed by atoms with Crippen molar-refractivity contribution < 1.29 is 10.0 Å². The molecule has 0 aliphatic heterocycles. The van der Waals surface area contributed by atoms with Crippen molar-refractivity contribution in [3.63, 3.8) is 0 Å². The first-order chi connectivity index (χ1) is 6.43. The van der Waals surface area contributed by atoms with Crippen LogP contribution in [0.1, 0.15) is 30.9 Å². The lowest BCUT2D eigenvalue weighted by Crippen LogP contribution is -1.98. The fourth-order valence-electron chi connectivity index (χ4n) is 1.50. The lowest BCUT2D eigenvalue weighted by atomic mass is 9.98. The minimum Gasteiger partial charge on any atom is -0.507 e. The molecule has 1 aromatic rings. The number of nitrogens with zero attached hydrogens (tertiary/aromatic N) is 1. The molecule has 0 bridgehead atoms. The van der Waals surface area contributed by atoms with Crippen molar-refractivity contribution in [2.24, 2.45) is 0 Å². The summed E-state index contributed by atoms with van der Waals surface area (Å²) in [6.07, 6.45) is 0. The second-order valence-corrected chi connectivity index (χ2v) is 3.63. The van der Waals surface area contributed by atoms with E-state index in [1.165, 1.54) is 6.07 Å². The molecule has 4 nitrogen and oxygen atoms in total. The summed E-state index contributed by atoms with van der Waals surface area (Å²) in [5.41, 5.74) is 1.09. The summed E-state index contributed by atoms with van der Waals surface area (Å²) in [4.78, 5) is 10.3. The molecule has 0 saturated heterocycles. The minimum atomic E-state index is -0.456. The van der Waals surface area contributed by atoms with E-state index in [-0.39, 0.29) is 17.4 Å². The van der Waals surface area contributed by atoms with Gasteiger partial charge >= 0.3 is 0 Å². The van der Waals surface area contributed by atoms with Gasteiger partial charge in [0.1, 0.15) is 5.75 Å². The second kappa shape index (κ2) is 3.65. The third kappa shape index (κ3) is 1.84. The van der Waals surface area contributed by atoms with Gasteiger partial charge in [-0.3, -0.25) is 10.1 Å². The normalized spacial score (nSPS) is 10.6. The van der Waals surface area contributed by atoms with E-state index >= 15 is 0 Å². The van der Waals surface area contributed by atoms with Crippen LogP contribution >= 0.6 is 0 Å². The van der Waals surface area contributed by atoms with E-state index in [0.29, 0.717) is 11.1 Å². The van der Waals surface area contributed by atoms with Gasteiger partial charge in [-0.05, 0) is 24.5 Å². The molecule has 0 aromatic heterocycles. The number of benzene rings is 1. The van der Waals surface area contributed by atoms with E-state index in [4.69, 9.17) is 0 Å². The Morgan fingerprint density at radius 2 is 2.00 bits per heavy atom. The average Bonchev–Trinajstić information content (AvgIpc) is 2.01. The number of nitro benzene ring substituents is 1. The maximum Gasteiger partial charge on any atom is 0.276 e. The number of phenols is 1. The van der Waals surface area contributed by atoms with Crippen LogP contribution < -0.4 is 0 Å². The highest BCUT2D eigenvalue weighted by atomic mass is 16.6. The van der Waals surface area contributed by atoms with Gasteiger partial charge in [0, 0.05) is 6.07 Å². The summed E-state index contributed by atoms with van der Waals surface area (Å²) in [5.74, 6) is -0.0531. The Morgan fingerprint density at radius 3 is 2.43 bits per heavy atom. The van der Waals surface area contributed by atoms with Gasteiger partial charge in [0.25, 0.3) is 5.69 Å². The SMILES string of the molecule is Cc1cc(O)c(C(C)C)c([N+](=O)[O-])c1. The monoisotopic (exact) mass is 195 g/mol. The van der Waals surface area contributed by atoms with Crippen molar-refractivity contribution >= 4 is 5.69 Å². The Morgan fingerprint density at radius 1 is 1.43 bits per heavy atom. The summed E-state index contributed by atoms with van der Waals surface area (Å²) in [7, 11) is 0. The van der Waals surface area contributed by atoms with Crippen molar-refractivity contribution in [3.8, 4) is 5.75 Å². The zero-order valence-corrected chi connectivity index (χ0v) is 8.44. The largest absolute Gasteiger partial charge is 0.507 e. The molecule has 0 radical (unpaired) electrons. The number of aromatic hydroxyl groups is 1. The molecule has 0 atom stereocenters. The number of hydrogen-bond acceptors (Lipinski definition) is 3. The Hall–Kier alpha value is -1.58. The van der Waals surface area contributed by atoms with Crippen molar-refractivity contribution in [1.29, 1.82) is 0 Å². The lowest BCUT2D eigenvalue weighted by molar-refractivity contribution is -0.385. The van der Waals surface area contributed by atoms with Crippen LogP contribution in [0.4, 0.5) is 5.69 Å². The number of aryl methyl sites for hydroxylation is 1. The first-order valence-corrected chi connectivity index (χ1v) is 4.41. The second-order valence-electron chi connectivity index (χ2n) is 3.63. The summed E-state index contributed by atoms with van der Waals surface area (Å²) in [6, 6.07) is 3.03. The first kappa shape index (κ1) is 10.5. The Labute approximate surface area is 82.3 Å².